The van der Waals surface area contributed by atoms with E-state index in [1.54, 1.807) is 0 Å². The smallest absolute Gasteiger partial charge is 0.124 e. The first kappa shape index (κ1) is 14.6. The van der Waals surface area contributed by atoms with Crippen molar-refractivity contribution in [2.45, 2.75) is 33.4 Å². The minimum atomic E-state index is 0.299. The highest BCUT2D eigenvalue weighted by molar-refractivity contribution is 5.36. The van der Waals surface area contributed by atoms with E-state index >= 15 is 0 Å². The van der Waals surface area contributed by atoms with Gasteiger partial charge < -0.3 is 10.1 Å². The summed E-state index contributed by atoms with van der Waals surface area (Å²) < 4.78 is 6.03. The number of benzene rings is 2. The molecule has 2 heteroatoms. The molecule has 0 bridgehead atoms. The third kappa shape index (κ3) is 3.61. The zero-order valence-electron chi connectivity index (χ0n) is 12.5. The van der Waals surface area contributed by atoms with Gasteiger partial charge in [0.1, 0.15) is 12.4 Å². The lowest BCUT2D eigenvalue weighted by atomic mass is 10.1. The summed E-state index contributed by atoms with van der Waals surface area (Å²) in [5, 5.41) is 3.43. The number of aryl methyl sites for hydroxylation is 1. The first-order valence-electron chi connectivity index (χ1n) is 7.22. The monoisotopic (exact) mass is 269 g/mol. The summed E-state index contributed by atoms with van der Waals surface area (Å²) in [6, 6.07) is 16.9. The van der Waals surface area contributed by atoms with Crippen molar-refractivity contribution in [2.75, 3.05) is 6.54 Å². The van der Waals surface area contributed by atoms with Gasteiger partial charge in [-0.05, 0) is 37.6 Å². The third-order valence-electron chi connectivity index (χ3n) is 3.54. The summed E-state index contributed by atoms with van der Waals surface area (Å²) in [6.45, 7) is 7.97. The van der Waals surface area contributed by atoms with Crippen LogP contribution < -0.4 is 10.1 Å². The van der Waals surface area contributed by atoms with Gasteiger partial charge in [-0.1, -0.05) is 49.4 Å². The normalized spacial score (nSPS) is 12.2. The minimum absolute atomic E-state index is 0.299. The highest BCUT2D eigenvalue weighted by Crippen LogP contribution is 2.25. The summed E-state index contributed by atoms with van der Waals surface area (Å²) in [4.78, 5) is 0. The molecule has 0 aromatic heterocycles. The van der Waals surface area contributed by atoms with E-state index in [4.69, 9.17) is 4.74 Å². The Balaban J connectivity index is 2.12. The van der Waals surface area contributed by atoms with Crippen molar-refractivity contribution in [3.63, 3.8) is 0 Å². The molecule has 1 atom stereocenters. The predicted molar refractivity (Wildman–Crippen MR) is 84.0 cm³/mol. The zero-order valence-corrected chi connectivity index (χ0v) is 12.5. The van der Waals surface area contributed by atoms with Gasteiger partial charge in [-0.3, -0.25) is 0 Å². The first-order valence-corrected chi connectivity index (χ1v) is 7.22. The largest absolute Gasteiger partial charge is 0.489 e. The van der Waals surface area contributed by atoms with Crippen LogP contribution in [0.15, 0.2) is 48.5 Å². The molecule has 0 amide bonds. The molecule has 0 radical (unpaired) electrons. The molecule has 2 aromatic carbocycles. The van der Waals surface area contributed by atoms with Crippen LogP contribution in [0, 0.1) is 6.92 Å². The second kappa shape index (κ2) is 7.11. The molecule has 1 unspecified atom stereocenters. The Morgan fingerprint density at radius 2 is 1.75 bits per heavy atom. The van der Waals surface area contributed by atoms with Gasteiger partial charge in [-0.15, -0.1) is 0 Å². The van der Waals surface area contributed by atoms with E-state index in [0.29, 0.717) is 12.6 Å². The van der Waals surface area contributed by atoms with Crippen LogP contribution in [0.1, 0.15) is 36.6 Å². The van der Waals surface area contributed by atoms with Crippen molar-refractivity contribution in [2.24, 2.45) is 0 Å². The van der Waals surface area contributed by atoms with Crippen molar-refractivity contribution in [1.82, 2.24) is 5.32 Å². The van der Waals surface area contributed by atoms with Crippen molar-refractivity contribution in [3.05, 3.63) is 65.2 Å². The van der Waals surface area contributed by atoms with E-state index in [-0.39, 0.29) is 0 Å². The van der Waals surface area contributed by atoms with Gasteiger partial charge >= 0.3 is 0 Å². The molecular formula is C18H23NO. The average molecular weight is 269 g/mol. The molecule has 2 nitrogen and oxygen atoms in total. The molecule has 0 saturated heterocycles. The third-order valence-corrected chi connectivity index (χ3v) is 3.54. The van der Waals surface area contributed by atoms with Gasteiger partial charge in [-0.25, -0.2) is 0 Å². The van der Waals surface area contributed by atoms with E-state index < -0.39 is 0 Å². The summed E-state index contributed by atoms with van der Waals surface area (Å²) in [5.74, 6) is 0.962. The SMILES string of the molecule is CCNC(C)c1ccccc1OCc1ccccc1C. The Hall–Kier alpha value is -1.80. The van der Waals surface area contributed by atoms with Gasteiger partial charge in [0.2, 0.25) is 0 Å². The Labute approximate surface area is 121 Å². The lowest BCUT2D eigenvalue weighted by Gasteiger charge is -2.18. The second-order valence-corrected chi connectivity index (χ2v) is 5.03. The number of rotatable bonds is 6. The highest BCUT2D eigenvalue weighted by Gasteiger charge is 2.10. The zero-order chi connectivity index (χ0) is 14.4. The van der Waals surface area contributed by atoms with Gasteiger partial charge in [0, 0.05) is 11.6 Å². The van der Waals surface area contributed by atoms with E-state index in [0.717, 1.165) is 12.3 Å². The lowest BCUT2D eigenvalue weighted by molar-refractivity contribution is 0.299. The fraction of sp³-hybridized carbons (Fsp3) is 0.333. The molecule has 0 spiro atoms. The maximum absolute atomic E-state index is 6.03. The van der Waals surface area contributed by atoms with Gasteiger partial charge in [0.15, 0.2) is 0 Å². The second-order valence-electron chi connectivity index (χ2n) is 5.03. The molecule has 0 aliphatic rings. The number of para-hydroxylation sites is 1. The number of nitrogens with one attached hydrogen (secondary N) is 1. The van der Waals surface area contributed by atoms with E-state index in [1.165, 1.54) is 16.7 Å². The molecular weight excluding hydrogens is 246 g/mol. The van der Waals surface area contributed by atoms with Crippen LogP contribution in [-0.2, 0) is 6.61 Å². The molecule has 0 aliphatic carbocycles. The van der Waals surface area contributed by atoms with Gasteiger partial charge in [0.25, 0.3) is 0 Å². The fourth-order valence-electron chi connectivity index (χ4n) is 2.31. The average Bonchev–Trinajstić information content (AvgIpc) is 2.47. The Morgan fingerprint density at radius 3 is 2.50 bits per heavy atom. The molecule has 106 valence electrons. The predicted octanol–water partition coefficient (Wildman–Crippen LogP) is 4.24. The summed E-state index contributed by atoms with van der Waals surface area (Å²) in [6.07, 6.45) is 0. The highest BCUT2D eigenvalue weighted by atomic mass is 16.5. The molecule has 0 fully saturated rings. The van der Waals surface area contributed by atoms with Crippen LogP contribution in [0.4, 0.5) is 0 Å². The number of hydrogen-bond acceptors (Lipinski definition) is 2. The molecule has 2 aromatic rings. The number of ether oxygens (including phenoxy) is 1. The van der Waals surface area contributed by atoms with Crippen molar-refractivity contribution in [3.8, 4) is 5.75 Å². The number of hydrogen-bond donors (Lipinski definition) is 1. The van der Waals surface area contributed by atoms with Crippen LogP contribution in [0.2, 0.25) is 0 Å². The molecule has 1 N–H and O–H groups in total. The maximum atomic E-state index is 6.03. The lowest BCUT2D eigenvalue weighted by Crippen LogP contribution is -2.18. The van der Waals surface area contributed by atoms with Crippen molar-refractivity contribution in [1.29, 1.82) is 0 Å². The van der Waals surface area contributed by atoms with Crippen LogP contribution in [0.3, 0.4) is 0 Å². The van der Waals surface area contributed by atoms with Crippen molar-refractivity contribution < 1.29 is 4.74 Å². The van der Waals surface area contributed by atoms with E-state index in [2.05, 4.69) is 62.5 Å². The topological polar surface area (TPSA) is 21.3 Å². The Kier molecular flexibility index (Phi) is 5.19. The maximum Gasteiger partial charge on any atom is 0.124 e. The summed E-state index contributed by atoms with van der Waals surface area (Å²) in [7, 11) is 0. The summed E-state index contributed by atoms with van der Waals surface area (Å²) >= 11 is 0. The standard InChI is InChI=1S/C18H23NO/c1-4-19-15(3)17-11-7-8-12-18(17)20-13-16-10-6-5-9-14(16)2/h5-12,15,19H,4,13H2,1-3H3. The Bertz CT molecular complexity index is 551. The molecule has 0 heterocycles. The van der Waals surface area contributed by atoms with Crippen LogP contribution in [0.25, 0.3) is 0 Å². The Morgan fingerprint density at radius 1 is 1.05 bits per heavy atom. The molecule has 0 aliphatic heterocycles. The van der Waals surface area contributed by atoms with Crippen molar-refractivity contribution >= 4 is 0 Å². The van der Waals surface area contributed by atoms with Crippen LogP contribution in [-0.4, -0.2) is 6.54 Å². The molecule has 20 heavy (non-hydrogen) atoms. The fourth-order valence-corrected chi connectivity index (χ4v) is 2.31. The first-order chi connectivity index (χ1) is 9.72. The quantitative estimate of drug-likeness (QED) is 0.846. The van der Waals surface area contributed by atoms with Gasteiger partial charge in [-0.2, -0.15) is 0 Å². The summed E-state index contributed by atoms with van der Waals surface area (Å²) in [5.41, 5.74) is 3.71. The van der Waals surface area contributed by atoms with Gasteiger partial charge in [0.05, 0.1) is 0 Å². The van der Waals surface area contributed by atoms with Crippen LogP contribution >= 0.6 is 0 Å². The molecule has 0 saturated carbocycles. The minimum Gasteiger partial charge on any atom is -0.489 e. The van der Waals surface area contributed by atoms with E-state index in [9.17, 15) is 0 Å². The molecule has 2 rings (SSSR count). The van der Waals surface area contributed by atoms with E-state index in [1.807, 2.05) is 12.1 Å². The van der Waals surface area contributed by atoms with Crippen LogP contribution in [0.5, 0.6) is 5.75 Å².